The van der Waals surface area contributed by atoms with E-state index in [1.807, 2.05) is 36.9 Å². The zero-order chi connectivity index (χ0) is 20.0. The summed E-state index contributed by atoms with van der Waals surface area (Å²) >= 11 is 0. The zero-order valence-electron chi connectivity index (χ0n) is 16.3. The molecular formula is C20H29N3O4. The Hall–Kier alpha value is -2.41. The summed E-state index contributed by atoms with van der Waals surface area (Å²) in [6.45, 7) is 4.90. The fraction of sp³-hybridized carbons (Fsp3) is 0.550. The molecule has 148 valence electrons. The van der Waals surface area contributed by atoms with Crippen LogP contribution in [0.2, 0.25) is 0 Å². The van der Waals surface area contributed by atoms with Crippen molar-refractivity contribution in [2.75, 3.05) is 32.0 Å². The second-order valence-electron chi connectivity index (χ2n) is 7.28. The molecule has 0 aliphatic heterocycles. The molecule has 7 nitrogen and oxygen atoms in total. The van der Waals surface area contributed by atoms with Gasteiger partial charge in [0.25, 0.3) is 0 Å². The van der Waals surface area contributed by atoms with Gasteiger partial charge in [0.15, 0.2) is 0 Å². The van der Waals surface area contributed by atoms with Gasteiger partial charge in [-0.3, -0.25) is 19.3 Å². The summed E-state index contributed by atoms with van der Waals surface area (Å²) in [6, 6.07) is 6.30. The third-order valence-corrected chi connectivity index (χ3v) is 4.78. The molecule has 27 heavy (non-hydrogen) atoms. The van der Waals surface area contributed by atoms with Gasteiger partial charge in [0.1, 0.15) is 0 Å². The highest BCUT2D eigenvalue weighted by molar-refractivity contribution is 5.93. The number of rotatable bonds is 10. The van der Waals surface area contributed by atoms with Crippen molar-refractivity contribution in [3.8, 4) is 0 Å². The summed E-state index contributed by atoms with van der Waals surface area (Å²) in [7, 11) is 1.61. The van der Waals surface area contributed by atoms with E-state index in [4.69, 9.17) is 5.11 Å². The molecule has 2 amide bonds. The number of benzene rings is 1. The maximum absolute atomic E-state index is 12.5. The van der Waals surface area contributed by atoms with Gasteiger partial charge >= 0.3 is 5.97 Å². The number of carbonyl (C=O) groups is 3. The van der Waals surface area contributed by atoms with Crippen molar-refractivity contribution < 1.29 is 19.5 Å². The molecule has 2 N–H and O–H groups in total. The van der Waals surface area contributed by atoms with Crippen LogP contribution in [0.3, 0.4) is 0 Å². The molecule has 2 rings (SSSR count). The average molecular weight is 375 g/mol. The topological polar surface area (TPSA) is 90.0 Å². The highest BCUT2D eigenvalue weighted by atomic mass is 16.4. The number of carboxylic acid groups (broad SMARTS) is 1. The van der Waals surface area contributed by atoms with E-state index >= 15 is 0 Å². The first-order valence-electron chi connectivity index (χ1n) is 9.33. The fourth-order valence-corrected chi connectivity index (χ4v) is 2.89. The molecule has 0 radical (unpaired) electrons. The molecule has 1 aromatic rings. The van der Waals surface area contributed by atoms with Crippen LogP contribution in [0, 0.1) is 13.8 Å². The number of aryl methyl sites for hydroxylation is 2. The van der Waals surface area contributed by atoms with Crippen LogP contribution in [0.25, 0.3) is 0 Å². The van der Waals surface area contributed by atoms with Crippen LogP contribution in [0.5, 0.6) is 0 Å². The summed E-state index contributed by atoms with van der Waals surface area (Å²) in [5, 5.41) is 11.7. The average Bonchev–Trinajstić information content (AvgIpc) is 3.44. The second kappa shape index (κ2) is 9.50. The fourth-order valence-electron chi connectivity index (χ4n) is 2.89. The molecule has 1 aromatic carbocycles. The Labute approximate surface area is 160 Å². The Kier molecular flexibility index (Phi) is 7.36. The second-order valence-corrected chi connectivity index (χ2v) is 7.28. The molecule has 0 aromatic heterocycles. The minimum Gasteiger partial charge on any atom is -0.481 e. The summed E-state index contributed by atoms with van der Waals surface area (Å²) in [5.74, 6) is -1.10. The van der Waals surface area contributed by atoms with E-state index in [-0.39, 0.29) is 37.7 Å². The van der Waals surface area contributed by atoms with Gasteiger partial charge in [-0.1, -0.05) is 12.1 Å². The zero-order valence-corrected chi connectivity index (χ0v) is 16.3. The van der Waals surface area contributed by atoms with Gasteiger partial charge < -0.3 is 15.3 Å². The lowest BCUT2D eigenvalue weighted by Gasteiger charge is -2.23. The largest absolute Gasteiger partial charge is 0.481 e. The number of hydrogen-bond acceptors (Lipinski definition) is 4. The SMILES string of the molecule is Cc1ccc(C)c(NC(=O)CN(CCC(=O)N(C)CCC(=O)O)C2CC2)c1. The van der Waals surface area contributed by atoms with Crippen LogP contribution in [0.1, 0.15) is 36.8 Å². The highest BCUT2D eigenvalue weighted by Crippen LogP contribution is 2.27. The number of carboxylic acids is 1. The highest BCUT2D eigenvalue weighted by Gasteiger charge is 2.30. The molecule has 0 heterocycles. The molecule has 1 saturated carbocycles. The molecule has 7 heteroatoms. The number of nitrogens with one attached hydrogen (secondary N) is 1. The van der Waals surface area contributed by atoms with E-state index < -0.39 is 5.97 Å². The van der Waals surface area contributed by atoms with E-state index in [1.165, 1.54) is 4.90 Å². The lowest BCUT2D eigenvalue weighted by Crippen LogP contribution is -2.38. The first-order valence-corrected chi connectivity index (χ1v) is 9.33. The summed E-state index contributed by atoms with van der Waals surface area (Å²) in [5.41, 5.74) is 2.92. The van der Waals surface area contributed by atoms with Gasteiger partial charge in [0, 0.05) is 38.3 Å². The summed E-state index contributed by atoms with van der Waals surface area (Å²) in [4.78, 5) is 38.7. The van der Waals surface area contributed by atoms with Gasteiger partial charge in [-0.25, -0.2) is 0 Å². The van der Waals surface area contributed by atoms with Gasteiger partial charge in [-0.2, -0.15) is 0 Å². The van der Waals surface area contributed by atoms with Crippen molar-refractivity contribution in [2.24, 2.45) is 0 Å². The number of carbonyl (C=O) groups excluding carboxylic acids is 2. The van der Waals surface area contributed by atoms with Crippen molar-refractivity contribution in [1.82, 2.24) is 9.80 Å². The quantitative estimate of drug-likeness (QED) is 0.653. The predicted molar refractivity (Wildman–Crippen MR) is 104 cm³/mol. The van der Waals surface area contributed by atoms with Crippen molar-refractivity contribution >= 4 is 23.5 Å². The van der Waals surface area contributed by atoms with E-state index in [0.29, 0.717) is 12.6 Å². The molecule has 0 atom stereocenters. The lowest BCUT2D eigenvalue weighted by molar-refractivity contribution is -0.138. The van der Waals surface area contributed by atoms with Crippen LogP contribution in [0.4, 0.5) is 5.69 Å². The smallest absolute Gasteiger partial charge is 0.305 e. The van der Waals surface area contributed by atoms with E-state index in [2.05, 4.69) is 5.32 Å². The third kappa shape index (κ3) is 7.02. The molecule has 1 fully saturated rings. The van der Waals surface area contributed by atoms with Gasteiger partial charge in [-0.15, -0.1) is 0 Å². The standard InChI is InChI=1S/C20H29N3O4/c1-14-4-5-15(2)17(12-14)21-18(24)13-23(16-6-7-16)11-8-19(25)22(3)10-9-20(26)27/h4-5,12,16H,6-11,13H2,1-3H3,(H,21,24)(H,26,27). The maximum Gasteiger partial charge on any atom is 0.305 e. The van der Waals surface area contributed by atoms with Crippen LogP contribution >= 0.6 is 0 Å². The minimum absolute atomic E-state index is 0.0627. The lowest BCUT2D eigenvalue weighted by atomic mass is 10.1. The normalized spacial score (nSPS) is 13.5. The number of hydrogen-bond donors (Lipinski definition) is 2. The van der Waals surface area contributed by atoms with E-state index in [1.54, 1.807) is 7.05 Å². The van der Waals surface area contributed by atoms with Crippen LogP contribution < -0.4 is 5.32 Å². The van der Waals surface area contributed by atoms with Gasteiger partial charge in [0.05, 0.1) is 13.0 Å². The van der Waals surface area contributed by atoms with E-state index in [9.17, 15) is 14.4 Å². The van der Waals surface area contributed by atoms with Crippen LogP contribution in [-0.2, 0) is 14.4 Å². The van der Waals surface area contributed by atoms with Crippen molar-refractivity contribution in [3.63, 3.8) is 0 Å². The Bertz CT molecular complexity index is 700. The molecule has 0 saturated heterocycles. The first kappa shape index (κ1) is 20.9. The first-order chi connectivity index (χ1) is 12.8. The maximum atomic E-state index is 12.5. The minimum atomic E-state index is -0.919. The molecule has 0 bridgehead atoms. The van der Waals surface area contributed by atoms with Gasteiger partial charge in [0.2, 0.25) is 11.8 Å². The Morgan fingerprint density at radius 3 is 2.48 bits per heavy atom. The Balaban J connectivity index is 1.84. The van der Waals surface area contributed by atoms with Crippen molar-refractivity contribution in [3.05, 3.63) is 29.3 Å². The summed E-state index contributed by atoms with van der Waals surface area (Å²) < 4.78 is 0. The molecule has 0 unspecified atom stereocenters. The summed E-state index contributed by atoms with van der Waals surface area (Å²) in [6.07, 6.45) is 2.30. The van der Waals surface area contributed by atoms with Crippen molar-refractivity contribution in [2.45, 2.75) is 45.6 Å². The van der Waals surface area contributed by atoms with Crippen LogP contribution in [0.15, 0.2) is 18.2 Å². The number of nitrogens with zero attached hydrogens (tertiary/aromatic N) is 2. The Morgan fingerprint density at radius 2 is 1.85 bits per heavy atom. The predicted octanol–water partition coefficient (Wildman–Crippen LogP) is 2.03. The molecule has 1 aliphatic rings. The Morgan fingerprint density at radius 1 is 1.15 bits per heavy atom. The number of amides is 2. The molecule has 0 spiro atoms. The monoisotopic (exact) mass is 375 g/mol. The number of aliphatic carboxylic acids is 1. The van der Waals surface area contributed by atoms with E-state index in [0.717, 1.165) is 29.7 Å². The van der Waals surface area contributed by atoms with Crippen molar-refractivity contribution in [1.29, 1.82) is 0 Å². The molecular weight excluding hydrogens is 346 g/mol. The molecule has 1 aliphatic carbocycles. The number of anilines is 1. The third-order valence-electron chi connectivity index (χ3n) is 4.78. The van der Waals surface area contributed by atoms with Crippen LogP contribution in [-0.4, -0.2) is 65.4 Å². The van der Waals surface area contributed by atoms with Gasteiger partial charge in [-0.05, 0) is 43.9 Å².